The molecule has 0 amide bonds. The minimum atomic E-state index is 1.23. The third kappa shape index (κ3) is 6.33. The second kappa shape index (κ2) is 8.52. The van der Waals surface area contributed by atoms with Crippen LogP contribution in [0.15, 0.2) is 30.3 Å². The van der Waals surface area contributed by atoms with Crippen LogP contribution in [0.4, 0.5) is 0 Å². The van der Waals surface area contributed by atoms with Gasteiger partial charge in [-0.05, 0) is 31.2 Å². The lowest BCUT2D eigenvalue weighted by Crippen LogP contribution is -1.86. The average Bonchev–Trinajstić information content (AvgIpc) is 2.29. The second-order valence-electron chi connectivity index (χ2n) is 4.16. The highest BCUT2D eigenvalue weighted by Gasteiger charge is 1.93. The first kappa shape index (κ1) is 12.3. The third-order valence-corrected chi connectivity index (χ3v) is 2.73. The monoisotopic (exact) mass is 203 g/mol. The molecule has 0 spiro atoms. The normalized spacial score (nSPS) is 10.5. The minimum absolute atomic E-state index is 1.23. The molecular formula is C15H23. The number of hydrogen-bond acceptors (Lipinski definition) is 0. The van der Waals surface area contributed by atoms with Gasteiger partial charge in [-0.25, -0.2) is 0 Å². The van der Waals surface area contributed by atoms with Gasteiger partial charge in [0.2, 0.25) is 0 Å². The van der Waals surface area contributed by atoms with E-state index < -0.39 is 0 Å². The number of rotatable bonds is 8. The van der Waals surface area contributed by atoms with Crippen LogP contribution < -0.4 is 0 Å². The Bertz CT molecular complexity index is 225. The van der Waals surface area contributed by atoms with E-state index in [2.05, 4.69) is 43.7 Å². The molecule has 0 unspecified atom stereocenters. The summed E-state index contributed by atoms with van der Waals surface area (Å²) in [7, 11) is 0. The zero-order valence-electron chi connectivity index (χ0n) is 9.91. The molecule has 0 fully saturated rings. The molecule has 83 valence electrons. The van der Waals surface area contributed by atoms with Crippen molar-refractivity contribution >= 4 is 0 Å². The Hall–Kier alpha value is -0.780. The van der Waals surface area contributed by atoms with Gasteiger partial charge in [0.25, 0.3) is 0 Å². The van der Waals surface area contributed by atoms with Gasteiger partial charge in [-0.3, -0.25) is 0 Å². The van der Waals surface area contributed by atoms with E-state index in [4.69, 9.17) is 0 Å². The average molecular weight is 203 g/mol. The van der Waals surface area contributed by atoms with Crippen LogP contribution in [-0.4, -0.2) is 0 Å². The molecule has 0 saturated carbocycles. The third-order valence-electron chi connectivity index (χ3n) is 2.73. The van der Waals surface area contributed by atoms with E-state index in [-0.39, 0.29) is 0 Å². The summed E-state index contributed by atoms with van der Waals surface area (Å²) in [4.78, 5) is 0. The van der Waals surface area contributed by atoms with Crippen molar-refractivity contribution in [3.05, 3.63) is 42.3 Å². The molecule has 0 aromatic heterocycles. The molecule has 0 heteroatoms. The van der Waals surface area contributed by atoms with Gasteiger partial charge in [0, 0.05) is 0 Å². The summed E-state index contributed by atoms with van der Waals surface area (Å²) >= 11 is 0. The van der Waals surface area contributed by atoms with E-state index >= 15 is 0 Å². The molecule has 0 bridgehead atoms. The van der Waals surface area contributed by atoms with Gasteiger partial charge < -0.3 is 0 Å². The van der Waals surface area contributed by atoms with Crippen LogP contribution in [-0.2, 0) is 6.42 Å². The SMILES string of the molecule is CCCCC[CH]CCCc1ccccc1. The summed E-state index contributed by atoms with van der Waals surface area (Å²) in [5.41, 5.74) is 1.47. The van der Waals surface area contributed by atoms with Gasteiger partial charge >= 0.3 is 0 Å². The highest BCUT2D eigenvalue weighted by molar-refractivity contribution is 5.14. The Labute approximate surface area is 94.7 Å². The molecule has 15 heavy (non-hydrogen) atoms. The molecule has 1 aromatic carbocycles. The van der Waals surface area contributed by atoms with Gasteiger partial charge in [-0.15, -0.1) is 0 Å². The maximum atomic E-state index is 2.46. The van der Waals surface area contributed by atoms with Gasteiger partial charge in [0.15, 0.2) is 0 Å². The fourth-order valence-corrected chi connectivity index (χ4v) is 1.78. The predicted octanol–water partition coefficient (Wildman–Crippen LogP) is 4.79. The lowest BCUT2D eigenvalue weighted by Gasteiger charge is -2.01. The van der Waals surface area contributed by atoms with Crippen molar-refractivity contribution in [1.29, 1.82) is 0 Å². The van der Waals surface area contributed by atoms with Crippen molar-refractivity contribution in [2.24, 2.45) is 0 Å². The van der Waals surface area contributed by atoms with E-state index in [9.17, 15) is 0 Å². The number of hydrogen-bond donors (Lipinski definition) is 0. The van der Waals surface area contributed by atoms with Crippen molar-refractivity contribution in [2.45, 2.75) is 51.9 Å². The zero-order chi connectivity index (χ0) is 10.8. The fraction of sp³-hybridized carbons (Fsp3) is 0.533. The van der Waals surface area contributed by atoms with E-state index in [0.29, 0.717) is 0 Å². The maximum absolute atomic E-state index is 2.46. The molecule has 1 aromatic rings. The molecular weight excluding hydrogens is 180 g/mol. The Morgan fingerprint density at radius 3 is 2.40 bits per heavy atom. The van der Waals surface area contributed by atoms with Gasteiger partial charge in [-0.2, -0.15) is 0 Å². The van der Waals surface area contributed by atoms with Crippen LogP contribution in [0.3, 0.4) is 0 Å². The molecule has 0 aliphatic rings. The van der Waals surface area contributed by atoms with E-state index in [1.54, 1.807) is 0 Å². The van der Waals surface area contributed by atoms with Crippen molar-refractivity contribution in [2.75, 3.05) is 0 Å². The van der Waals surface area contributed by atoms with Crippen LogP contribution in [0, 0.1) is 6.42 Å². The summed E-state index contributed by atoms with van der Waals surface area (Å²) in [5, 5.41) is 0. The Morgan fingerprint density at radius 2 is 1.67 bits per heavy atom. The molecule has 0 heterocycles. The van der Waals surface area contributed by atoms with Gasteiger partial charge in [-0.1, -0.05) is 62.9 Å². The van der Waals surface area contributed by atoms with Gasteiger partial charge in [0.05, 0.1) is 0 Å². The van der Waals surface area contributed by atoms with Gasteiger partial charge in [0.1, 0.15) is 0 Å². The maximum Gasteiger partial charge on any atom is -0.0279 e. The molecule has 0 aliphatic carbocycles. The molecule has 0 saturated heterocycles. The number of benzene rings is 1. The molecule has 1 rings (SSSR count). The minimum Gasteiger partial charge on any atom is -0.0654 e. The van der Waals surface area contributed by atoms with E-state index in [1.165, 1.54) is 50.5 Å². The Kier molecular flexibility index (Phi) is 6.98. The molecule has 0 aliphatic heterocycles. The summed E-state index contributed by atoms with van der Waals surface area (Å²) in [6.07, 6.45) is 11.7. The standard InChI is InChI=1S/C15H23/c1-2-3-4-5-6-7-9-12-15-13-10-8-11-14-15/h6,8,10-11,13-14H,2-5,7,9,12H2,1H3. The summed E-state index contributed by atoms with van der Waals surface area (Å²) < 4.78 is 0. The lowest BCUT2D eigenvalue weighted by atomic mass is 10.0. The van der Waals surface area contributed by atoms with Crippen LogP contribution in [0.1, 0.15) is 51.0 Å². The van der Waals surface area contributed by atoms with Crippen LogP contribution in [0.25, 0.3) is 0 Å². The molecule has 0 atom stereocenters. The summed E-state index contributed by atoms with van der Waals surface area (Å²) in [6.45, 7) is 2.26. The predicted molar refractivity (Wildman–Crippen MR) is 67.8 cm³/mol. The Morgan fingerprint density at radius 1 is 0.933 bits per heavy atom. The summed E-state index contributed by atoms with van der Waals surface area (Å²) in [5.74, 6) is 0. The molecule has 0 N–H and O–H groups in total. The Balaban J connectivity index is 1.93. The highest BCUT2D eigenvalue weighted by atomic mass is 14.0. The van der Waals surface area contributed by atoms with Crippen molar-refractivity contribution in [1.82, 2.24) is 0 Å². The molecule has 0 nitrogen and oxygen atoms in total. The lowest BCUT2D eigenvalue weighted by molar-refractivity contribution is 0.677. The van der Waals surface area contributed by atoms with Crippen LogP contribution in [0.5, 0.6) is 0 Å². The molecule has 1 radical (unpaired) electrons. The number of aryl methyl sites for hydroxylation is 1. The van der Waals surface area contributed by atoms with Crippen molar-refractivity contribution in [3.63, 3.8) is 0 Å². The first-order valence-electron chi connectivity index (χ1n) is 6.29. The topological polar surface area (TPSA) is 0 Å². The van der Waals surface area contributed by atoms with Crippen LogP contribution in [0.2, 0.25) is 0 Å². The van der Waals surface area contributed by atoms with Crippen molar-refractivity contribution in [3.8, 4) is 0 Å². The quantitative estimate of drug-likeness (QED) is 0.533. The smallest absolute Gasteiger partial charge is 0.0279 e. The number of unbranched alkanes of at least 4 members (excludes halogenated alkanes) is 6. The fourth-order valence-electron chi connectivity index (χ4n) is 1.78. The highest BCUT2D eigenvalue weighted by Crippen LogP contribution is 2.09. The van der Waals surface area contributed by atoms with Crippen LogP contribution >= 0.6 is 0 Å². The van der Waals surface area contributed by atoms with E-state index in [1.807, 2.05) is 0 Å². The summed E-state index contributed by atoms with van der Waals surface area (Å²) in [6, 6.07) is 10.8. The largest absolute Gasteiger partial charge is 0.0654 e. The first-order valence-corrected chi connectivity index (χ1v) is 6.29. The van der Waals surface area contributed by atoms with E-state index in [0.717, 1.165) is 0 Å². The van der Waals surface area contributed by atoms with Crippen molar-refractivity contribution < 1.29 is 0 Å². The first-order chi connectivity index (χ1) is 7.43. The second-order valence-corrected chi connectivity index (χ2v) is 4.16. The zero-order valence-corrected chi connectivity index (χ0v) is 9.91.